The molecular weight excluding hydrogens is 159 g/mol. The van der Waals surface area contributed by atoms with Crippen LogP contribution in [0.2, 0.25) is 0 Å². The predicted molar refractivity (Wildman–Crippen MR) is 31.1 cm³/mol. The van der Waals surface area contributed by atoms with Gasteiger partial charge in [-0.15, -0.1) is 0 Å². The van der Waals surface area contributed by atoms with Crippen molar-refractivity contribution in [1.82, 2.24) is 5.32 Å². The summed E-state index contributed by atoms with van der Waals surface area (Å²) in [6, 6.07) is -0.469. The maximum atomic E-state index is 12.0. The van der Waals surface area contributed by atoms with Gasteiger partial charge in [-0.05, 0) is 0 Å². The van der Waals surface area contributed by atoms with Gasteiger partial charge < -0.3 is 10.1 Å². The molecule has 1 heterocycles. The van der Waals surface area contributed by atoms with Crippen molar-refractivity contribution >= 4 is 0 Å². The van der Waals surface area contributed by atoms with E-state index in [1.54, 1.807) is 0 Å². The fourth-order valence-corrected chi connectivity index (χ4v) is 1.54. The van der Waals surface area contributed by atoms with Gasteiger partial charge in [0, 0.05) is 12.6 Å². The maximum Gasteiger partial charge on any atom is 0.395 e. The summed E-state index contributed by atoms with van der Waals surface area (Å²) in [4.78, 5) is 0. The molecule has 0 amide bonds. The van der Waals surface area contributed by atoms with Gasteiger partial charge in [0.25, 0.3) is 0 Å². The molecule has 2 nitrogen and oxygen atoms in total. The second-order valence-corrected chi connectivity index (χ2v) is 2.88. The zero-order valence-corrected chi connectivity index (χ0v) is 5.69. The molecule has 64 valence electrons. The lowest BCUT2D eigenvalue weighted by atomic mass is 10.4. The molecule has 1 N–H and O–H groups in total. The summed E-state index contributed by atoms with van der Waals surface area (Å²) in [6.45, 7) is 0.932. The zero-order valence-electron chi connectivity index (χ0n) is 5.69. The molecule has 1 aliphatic carbocycles. The van der Waals surface area contributed by atoms with E-state index in [0.717, 1.165) is 0 Å². The van der Waals surface area contributed by atoms with Crippen LogP contribution in [0.5, 0.6) is 0 Å². The van der Waals surface area contributed by atoms with Crippen molar-refractivity contribution in [2.24, 2.45) is 5.92 Å². The molecule has 2 rings (SSSR count). The average Bonchev–Trinajstić information content (AvgIpc) is 2.58. The van der Waals surface area contributed by atoms with Gasteiger partial charge in [0.05, 0.1) is 12.7 Å². The molecule has 11 heavy (non-hydrogen) atoms. The van der Waals surface area contributed by atoms with Crippen LogP contribution in [-0.2, 0) is 4.74 Å². The normalized spacial score (nSPS) is 43.4. The van der Waals surface area contributed by atoms with Crippen LogP contribution in [0.4, 0.5) is 13.2 Å². The third kappa shape index (κ3) is 1.12. The van der Waals surface area contributed by atoms with Crippen molar-refractivity contribution in [2.45, 2.75) is 18.3 Å². The quantitative estimate of drug-likeness (QED) is 0.568. The van der Waals surface area contributed by atoms with Crippen molar-refractivity contribution in [1.29, 1.82) is 0 Å². The highest BCUT2D eigenvalue weighted by Crippen LogP contribution is 2.47. The Kier molecular flexibility index (Phi) is 1.41. The highest BCUT2D eigenvalue weighted by atomic mass is 19.4. The Morgan fingerprint density at radius 3 is 2.55 bits per heavy atom. The lowest BCUT2D eigenvalue weighted by molar-refractivity contribution is -0.156. The number of nitrogens with one attached hydrogen (secondary N) is 1. The fraction of sp³-hybridized carbons (Fsp3) is 1.00. The number of fused-ring (bicyclic) bond motifs is 1. The van der Waals surface area contributed by atoms with Gasteiger partial charge in [0.1, 0.15) is 5.92 Å². The van der Waals surface area contributed by atoms with Gasteiger partial charge in [-0.3, -0.25) is 0 Å². The summed E-state index contributed by atoms with van der Waals surface area (Å²) in [7, 11) is 0. The highest BCUT2D eigenvalue weighted by Gasteiger charge is 2.66. The molecule has 0 spiro atoms. The van der Waals surface area contributed by atoms with Crippen molar-refractivity contribution < 1.29 is 17.9 Å². The molecule has 0 aromatic heterocycles. The van der Waals surface area contributed by atoms with Crippen LogP contribution in [0, 0.1) is 5.92 Å². The Hall–Kier alpha value is -0.290. The van der Waals surface area contributed by atoms with E-state index < -0.39 is 24.2 Å². The fourth-order valence-electron chi connectivity index (χ4n) is 1.54. The van der Waals surface area contributed by atoms with Crippen LogP contribution >= 0.6 is 0 Å². The third-order valence-electron chi connectivity index (χ3n) is 2.12. The van der Waals surface area contributed by atoms with Crippen LogP contribution in [0.3, 0.4) is 0 Å². The van der Waals surface area contributed by atoms with E-state index in [4.69, 9.17) is 4.74 Å². The number of morpholine rings is 1. The van der Waals surface area contributed by atoms with Crippen molar-refractivity contribution in [3.05, 3.63) is 0 Å². The highest BCUT2D eigenvalue weighted by molar-refractivity contribution is 5.10. The second-order valence-electron chi connectivity index (χ2n) is 2.88. The van der Waals surface area contributed by atoms with E-state index >= 15 is 0 Å². The third-order valence-corrected chi connectivity index (χ3v) is 2.12. The monoisotopic (exact) mass is 167 g/mol. The molecule has 0 aromatic rings. The van der Waals surface area contributed by atoms with Crippen molar-refractivity contribution in [2.75, 3.05) is 13.2 Å². The maximum absolute atomic E-state index is 12.0. The van der Waals surface area contributed by atoms with E-state index in [0.29, 0.717) is 13.2 Å². The van der Waals surface area contributed by atoms with Gasteiger partial charge in [-0.2, -0.15) is 13.2 Å². The SMILES string of the molecule is FC(F)(F)[C@H]1[C@@H]2NCCO[C@H]21. The average molecular weight is 167 g/mol. The van der Waals surface area contributed by atoms with Crippen LogP contribution in [-0.4, -0.2) is 31.5 Å². The molecule has 0 unspecified atom stereocenters. The first-order chi connectivity index (χ1) is 5.11. The minimum absolute atomic E-state index is 0.397. The molecule has 0 radical (unpaired) electrons. The largest absolute Gasteiger partial charge is 0.395 e. The van der Waals surface area contributed by atoms with Crippen LogP contribution in [0.25, 0.3) is 0 Å². The lowest BCUT2D eigenvalue weighted by Crippen LogP contribution is -2.31. The first-order valence-electron chi connectivity index (χ1n) is 3.52. The van der Waals surface area contributed by atoms with E-state index in [1.807, 2.05) is 0 Å². The Bertz CT molecular complexity index is 158. The lowest BCUT2D eigenvalue weighted by Gasteiger charge is -2.09. The van der Waals surface area contributed by atoms with Gasteiger partial charge in [0.15, 0.2) is 0 Å². The molecular formula is C6H8F3NO. The standard InChI is InChI=1S/C6H8F3NO/c7-6(8,9)3-4-5(3)11-2-1-10-4/h3-5,10H,1-2H2/t3-,4-,5-/m0/s1. The summed E-state index contributed by atoms with van der Waals surface area (Å²) in [5.74, 6) is -1.26. The Morgan fingerprint density at radius 1 is 1.36 bits per heavy atom. The molecule has 2 aliphatic rings. The Balaban J connectivity index is 2.00. The first-order valence-corrected chi connectivity index (χ1v) is 3.52. The number of hydrogen-bond donors (Lipinski definition) is 1. The van der Waals surface area contributed by atoms with Gasteiger partial charge in [-0.1, -0.05) is 0 Å². The molecule has 3 atom stereocenters. The van der Waals surface area contributed by atoms with Crippen LogP contribution in [0.1, 0.15) is 0 Å². The summed E-state index contributed by atoms with van der Waals surface area (Å²) < 4.78 is 41.0. The topological polar surface area (TPSA) is 21.3 Å². The Morgan fingerprint density at radius 2 is 2.09 bits per heavy atom. The van der Waals surface area contributed by atoms with E-state index in [2.05, 4.69) is 5.32 Å². The Labute approximate surface area is 61.7 Å². The van der Waals surface area contributed by atoms with Crippen LogP contribution in [0.15, 0.2) is 0 Å². The summed E-state index contributed by atoms with van der Waals surface area (Å²) in [6.07, 6.45) is -4.70. The molecule has 0 bridgehead atoms. The number of alkyl halides is 3. The first kappa shape index (κ1) is 7.36. The number of rotatable bonds is 0. The van der Waals surface area contributed by atoms with Gasteiger partial charge in [0.2, 0.25) is 0 Å². The predicted octanol–water partition coefficient (Wildman–Crippen LogP) is 0.535. The number of hydrogen-bond acceptors (Lipinski definition) is 2. The van der Waals surface area contributed by atoms with Crippen LogP contribution < -0.4 is 5.32 Å². The molecule has 2 fully saturated rings. The molecule has 0 aromatic carbocycles. The minimum Gasteiger partial charge on any atom is -0.375 e. The number of halogens is 3. The molecule has 1 aliphatic heterocycles. The van der Waals surface area contributed by atoms with E-state index in [9.17, 15) is 13.2 Å². The number of ether oxygens (including phenoxy) is 1. The van der Waals surface area contributed by atoms with Crippen molar-refractivity contribution in [3.8, 4) is 0 Å². The summed E-state index contributed by atoms with van der Waals surface area (Å²) in [5, 5.41) is 2.77. The zero-order chi connectivity index (χ0) is 8.06. The minimum atomic E-state index is -4.09. The summed E-state index contributed by atoms with van der Waals surface area (Å²) >= 11 is 0. The van der Waals surface area contributed by atoms with E-state index in [-0.39, 0.29) is 0 Å². The van der Waals surface area contributed by atoms with Gasteiger partial charge >= 0.3 is 6.18 Å². The van der Waals surface area contributed by atoms with E-state index in [1.165, 1.54) is 0 Å². The second kappa shape index (κ2) is 2.10. The molecule has 5 heteroatoms. The van der Waals surface area contributed by atoms with Gasteiger partial charge in [-0.25, -0.2) is 0 Å². The molecule has 1 saturated carbocycles. The van der Waals surface area contributed by atoms with Crippen molar-refractivity contribution in [3.63, 3.8) is 0 Å². The molecule has 1 saturated heterocycles. The smallest absolute Gasteiger partial charge is 0.375 e. The summed E-state index contributed by atoms with van der Waals surface area (Å²) in [5.41, 5.74) is 0.